The zero-order chi connectivity index (χ0) is 18.8. The number of hydrogen-bond acceptors (Lipinski definition) is 5. The van der Waals surface area contributed by atoms with Crippen molar-refractivity contribution >= 4 is 34.0 Å². The molecule has 0 fully saturated rings. The zero-order valence-corrected chi connectivity index (χ0v) is 16.1. The molecule has 1 aromatic carbocycles. The van der Waals surface area contributed by atoms with Gasteiger partial charge >= 0.3 is 0 Å². The minimum absolute atomic E-state index is 0. The maximum absolute atomic E-state index is 14.0. The molecular formula is C16H21ClFN3O4S. The van der Waals surface area contributed by atoms with Gasteiger partial charge in [-0.15, -0.1) is 12.4 Å². The Morgan fingerprint density at radius 3 is 2.46 bits per heavy atom. The molecule has 10 heteroatoms. The Morgan fingerprint density at radius 2 is 1.92 bits per heavy atom. The summed E-state index contributed by atoms with van der Waals surface area (Å²) in [7, 11) is -4.08. The number of carbonyl (C=O) groups excluding carboxylic acids is 1. The van der Waals surface area contributed by atoms with Crippen molar-refractivity contribution in [1.29, 1.82) is 0 Å². The highest BCUT2D eigenvalue weighted by Crippen LogP contribution is 2.22. The highest BCUT2D eigenvalue weighted by molar-refractivity contribution is 7.89. The number of nitrogens with one attached hydrogen (secondary N) is 2. The number of halogens is 2. The number of furan rings is 1. The van der Waals surface area contributed by atoms with Gasteiger partial charge in [-0.1, -0.05) is 0 Å². The van der Waals surface area contributed by atoms with E-state index in [1.807, 2.05) is 0 Å². The van der Waals surface area contributed by atoms with E-state index >= 15 is 0 Å². The van der Waals surface area contributed by atoms with E-state index in [1.54, 1.807) is 20.8 Å². The second-order valence-corrected chi connectivity index (χ2v) is 8.11. The van der Waals surface area contributed by atoms with Gasteiger partial charge in [0, 0.05) is 11.2 Å². The van der Waals surface area contributed by atoms with Crippen molar-refractivity contribution in [2.24, 2.45) is 5.73 Å². The fraction of sp³-hybridized carbons (Fsp3) is 0.312. The summed E-state index contributed by atoms with van der Waals surface area (Å²) >= 11 is 0. The summed E-state index contributed by atoms with van der Waals surface area (Å²) < 4.78 is 46.1. The maximum atomic E-state index is 14.0. The molecule has 0 aliphatic carbocycles. The van der Waals surface area contributed by atoms with E-state index in [1.165, 1.54) is 18.4 Å². The van der Waals surface area contributed by atoms with E-state index in [-0.39, 0.29) is 30.2 Å². The molecule has 2 aromatic rings. The summed E-state index contributed by atoms with van der Waals surface area (Å²) in [6.07, 6.45) is 1.24. The Balaban J connectivity index is 0.00000338. The lowest BCUT2D eigenvalue weighted by molar-refractivity contribution is 0.102. The first-order valence-corrected chi connectivity index (χ1v) is 8.92. The first kappa shape index (κ1) is 22.1. The smallest absolute Gasteiger partial charge is 0.258 e. The number of benzene rings is 1. The van der Waals surface area contributed by atoms with Crippen LogP contribution < -0.4 is 15.8 Å². The first-order chi connectivity index (χ1) is 11.5. The second-order valence-electron chi connectivity index (χ2n) is 6.46. The average molecular weight is 406 g/mol. The Bertz CT molecular complexity index is 891. The largest absolute Gasteiger partial charge is 0.467 e. The number of sulfonamides is 1. The van der Waals surface area contributed by atoms with Crippen LogP contribution in [0.1, 0.15) is 36.9 Å². The molecule has 2 rings (SSSR count). The zero-order valence-electron chi connectivity index (χ0n) is 14.5. The van der Waals surface area contributed by atoms with Gasteiger partial charge in [-0.2, -0.15) is 0 Å². The topological polar surface area (TPSA) is 114 Å². The van der Waals surface area contributed by atoms with Crippen molar-refractivity contribution in [3.8, 4) is 0 Å². The number of amides is 1. The molecule has 144 valence electrons. The lowest BCUT2D eigenvalue weighted by atomic mass is 10.1. The Hall–Kier alpha value is -1.94. The van der Waals surface area contributed by atoms with E-state index in [9.17, 15) is 17.6 Å². The van der Waals surface area contributed by atoms with E-state index in [0.717, 1.165) is 12.1 Å². The van der Waals surface area contributed by atoms with Gasteiger partial charge in [-0.3, -0.25) is 4.79 Å². The van der Waals surface area contributed by atoms with E-state index in [2.05, 4.69) is 10.0 Å². The monoisotopic (exact) mass is 405 g/mol. The fourth-order valence-corrected chi connectivity index (χ4v) is 3.58. The van der Waals surface area contributed by atoms with Gasteiger partial charge < -0.3 is 15.5 Å². The number of anilines is 1. The van der Waals surface area contributed by atoms with Crippen LogP contribution in [0.4, 0.5) is 10.1 Å². The lowest BCUT2D eigenvalue weighted by Gasteiger charge is -2.20. The Morgan fingerprint density at radius 1 is 1.27 bits per heavy atom. The molecule has 26 heavy (non-hydrogen) atoms. The van der Waals surface area contributed by atoms with Crippen molar-refractivity contribution in [3.63, 3.8) is 0 Å². The molecule has 0 spiro atoms. The van der Waals surface area contributed by atoms with Crippen molar-refractivity contribution < 1.29 is 22.0 Å². The standard InChI is InChI=1S/C16H20FN3O4S.ClH/c1-16(2,3)20-25(22,23)14-7-11(4-5-13(14)17)19-15(21)10-6-12(8-18)24-9-10;/h4-7,9,20H,8,18H2,1-3H3,(H,19,21);1H. The van der Waals surface area contributed by atoms with E-state index < -0.39 is 32.2 Å². The minimum Gasteiger partial charge on any atom is -0.467 e. The molecule has 0 saturated heterocycles. The molecule has 7 nitrogen and oxygen atoms in total. The molecule has 0 atom stereocenters. The maximum Gasteiger partial charge on any atom is 0.258 e. The number of carbonyl (C=O) groups is 1. The van der Waals surface area contributed by atoms with Crippen LogP contribution in [0.15, 0.2) is 39.8 Å². The summed E-state index contributed by atoms with van der Waals surface area (Å²) in [6, 6.07) is 4.78. The van der Waals surface area contributed by atoms with Gasteiger partial charge in [0.05, 0.1) is 12.1 Å². The van der Waals surface area contributed by atoms with Crippen molar-refractivity contribution in [3.05, 3.63) is 47.7 Å². The molecule has 4 N–H and O–H groups in total. The van der Waals surface area contributed by atoms with Crippen molar-refractivity contribution in [2.45, 2.75) is 37.8 Å². The summed E-state index contributed by atoms with van der Waals surface area (Å²) in [5.41, 5.74) is 4.99. The van der Waals surface area contributed by atoms with Crippen LogP contribution in [0.3, 0.4) is 0 Å². The molecule has 0 saturated carbocycles. The summed E-state index contributed by atoms with van der Waals surface area (Å²) in [6.45, 7) is 5.07. The van der Waals surface area contributed by atoms with Crippen LogP contribution in [-0.4, -0.2) is 19.9 Å². The van der Waals surface area contributed by atoms with Crippen LogP contribution in [-0.2, 0) is 16.6 Å². The molecule has 1 amide bonds. The number of hydrogen-bond donors (Lipinski definition) is 3. The third-order valence-corrected chi connectivity index (χ3v) is 4.81. The highest BCUT2D eigenvalue weighted by Gasteiger charge is 2.25. The number of rotatable bonds is 5. The predicted octanol–water partition coefficient (Wildman–Crippen LogP) is 2.63. The fourth-order valence-electron chi connectivity index (χ4n) is 2.06. The summed E-state index contributed by atoms with van der Waals surface area (Å²) in [5, 5.41) is 2.50. The highest BCUT2D eigenvalue weighted by atomic mass is 35.5. The van der Waals surface area contributed by atoms with E-state index in [0.29, 0.717) is 5.76 Å². The van der Waals surface area contributed by atoms with Crippen LogP contribution in [0.25, 0.3) is 0 Å². The van der Waals surface area contributed by atoms with Gasteiger partial charge in [0.25, 0.3) is 5.91 Å². The minimum atomic E-state index is -4.08. The van der Waals surface area contributed by atoms with E-state index in [4.69, 9.17) is 10.2 Å². The van der Waals surface area contributed by atoms with Gasteiger partial charge in [0.2, 0.25) is 10.0 Å². The molecule has 1 heterocycles. The SMILES string of the molecule is CC(C)(C)NS(=O)(=O)c1cc(NC(=O)c2coc(CN)c2)ccc1F.Cl. The van der Waals surface area contributed by atoms with Gasteiger partial charge in [-0.25, -0.2) is 17.5 Å². The molecule has 0 aliphatic rings. The van der Waals surface area contributed by atoms with Crippen LogP contribution in [0.5, 0.6) is 0 Å². The van der Waals surface area contributed by atoms with Crippen LogP contribution in [0, 0.1) is 5.82 Å². The Kier molecular flexibility index (Phi) is 6.95. The van der Waals surface area contributed by atoms with Gasteiger partial charge in [0.15, 0.2) is 0 Å². The quantitative estimate of drug-likeness (QED) is 0.707. The van der Waals surface area contributed by atoms with Crippen molar-refractivity contribution in [2.75, 3.05) is 5.32 Å². The Labute approximate surface area is 157 Å². The third kappa shape index (κ3) is 5.53. The molecule has 0 aliphatic heterocycles. The van der Waals surface area contributed by atoms with Crippen LogP contribution >= 0.6 is 12.4 Å². The second kappa shape index (κ2) is 8.17. The average Bonchev–Trinajstić information content (AvgIpc) is 2.95. The molecule has 0 bridgehead atoms. The third-order valence-electron chi connectivity index (χ3n) is 3.04. The molecule has 1 aromatic heterocycles. The summed E-state index contributed by atoms with van der Waals surface area (Å²) in [4.78, 5) is 11.6. The lowest BCUT2D eigenvalue weighted by Crippen LogP contribution is -2.40. The molecule has 0 unspecified atom stereocenters. The number of nitrogens with two attached hydrogens (primary N) is 1. The van der Waals surface area contributed by atoms with Crippen LogP contribution in [0.2, 0.25) is 0 Å². The van der Waals surface area contributed by atoms with Gasteiger partial charge in [-0.05, 0) is 45.0 Å². The summed E-state index contributed by atoms with van der Waals surface area (Å²) in [5.74, 6) is -1.01. The molecular weight excluding hydrogens is 385 g/mol. The first-order valence-electron chi connectivity index (χ1n) is 7.44. The van der Waals surface area contributed by atoms with Crippen molar-refractivity contribution in [1.82, 2.24) is 4.72 Å². The normalized spacial score (nSPS) is 11.7. The molecule has 0 radical (unpaired) electrons. The van der Waals surface area contributed by atoms with Gasteiger partial charge in [0.1, 0.15) is 22.7 Å². The predicted molar refractivity (Wildman–Crippen MR) is 98.3 cm³/mol.